The average Bonchev–Trinajstić information content (AvgIpc) is 3.23. The molecule has 0 aliphatic heterocycles. The zero-order valence-corrected chi connectivity index (χ0v) is 39.5. The highest BCUT2D eigenvalue weighted by molar-refractivity contribution is 5.71. The Balaban J connectivity index is 4.12. The van der Waals surface area contributed by atoms with E-state index in [1.54, 1.807) is 0 Å². The molecule has 1 atom stereocenters. The van der Waals surface area contributed by atoms with E-state index < -0.39 is 6.10 Å². The fourth-order valence-corrected chi connectivity index (χ4v) is 7.53. The van der Waals surface area contributed by atoms with Gasteiger partial charge in [-0.1, -0.05) is 231 Å². The molecule has 0 fully saturated rings. The molecule has 0 radical (unpaired) electrons. The fourth-order valence-electron chi connectivity index (χ4n) is 7.53. The number of rotatable bonds is 47. The van der Waals surface area contributed by atoms with Gasteiger partial charge in [0.1, 0.15) is 13.2 Å². The Morgan fingerprint density at radius 3 is 0.949 bits per heavy atom. The van der Waals surface area contributed by atoms with Crippen molar-refractivity contribution in [3.05, 3.63) is 24.3 Å². The number of ether oxygens (including phenoxy) is 3. The number of allylic oxidation sites excluding steroid dienone is 4. The molecule has 0 amide bonds. The molecule has 346 valence electrons. The highest BCUT2D eigenvalue weighted by Crippen LogP contribution is 2.16. The van der Waals surface area contributed by atoms with Crippen LogP contribution < -0.4 is 0 Å². The number of carbonyl (C=O) groups is 3. The predicted molar refractivity (Wildman–Crippen MR) is 252 cm³/mol. The van der Waals surface area contributed by atoms with E-state index in [2.05, 4.69) is 45.1 Å². The maximum atomic E-state index is 12.7. The van der Waals surface area contributed by atoms with Crippen LogP contribution in [0, 0.1) is 0 Å². The molecule has 0 heterocycles. The van der Waals surface area contributed by atoms with Gasteiger partial charge in [0, 0.05) is 19.3 Å². The summed E-state index contributed by atoms with van der Waals surface area (Å²) >= 11 is 0. The van der Waals surface area contributed by atoms with Gasteiger partial charge in [-0.3, -0.25) is 14.4 Å². The van der Waals surface area contributed by atoms with E-state index in [4.69, 9.17) is 14.2 Å². The first-order valence-electron chi connectivity index (χ1n) is 25.8. The number of unbranched alkanes of at least 4 members (excludes halogenated alkanes) is 32. The van der Waals surface area contributed by atoms with E-state index in [9.17, 15) is 14.4 Å². The van der Waals surface area contributed by atoms with Gasteiger partial charge in [0.2, 0.25) is 0 Å². The largest absolute Gasteiger partial charge is 0.462 e. The minimum atomic E-state index is -0.770. The first-order chi connectivity index (χ1) is 29.0. The van der Waals surface area contributed by atoms with Gasteiger partial charge in [-0.15, -0.1) is 0 Å². The number of carbonyl (C=O) groups excluding carboxylic acids is 3. The Kier molecular flexibility index (Phi) is 46.8. The standard InChI is InChI=1S/C53H98O6/c1-4-7-10-13-15-17-19-21-23-25-26-27-28-30-31-33-35-37-40-43-46-52(55)58-49-50(48-57-51(54)45-42-39-12-9-6-3)59-53(56)47-44-41-38-36-34-32-29-24-22-20-18-16-14-11-8-5-2/h18,20,24,29,50H,4-17,19,21-23,25-28,30-49H2,1-3H3/b20-18-,29-24-. The molecule has 6 heteroatoms. The van der Waals surface area contributed by atoms with Crippen LogP contribution in [0.2, 0.25) is 0 Å². The van der Waals surface area contributed by atoms with Gasteiger partial charge in [0.15, 0.2) is 6.10 Å². The molecule has 0 rings (SSSR count). The molecule has 0 aromatic rings. The van der Waals surface area contributed by atoms with E-state index in [0.29, 0.717) is 19.3 Å². The lowest BCUT2D eigenvalue weighted by Gasteiger charge is -2.18. The summed E-state index contributed by atoms with van der Waals surface area (Å²) in [7, 11) is 0. The number of hydrogen-bond acceptors (Lipinski definition) is 6. The predicted octanol–water partition coefficient (Wildman–Crippen LogP) is 16.8. The third-order valence-electron chi connectivity index (χ3n) is 11.5. The molecule has 0 bridgehead atoms. The molecule has 6 nitrogen and oxygen atoms in total. The minimum absolute atomic E-state index is 0.0736. The lowest BCUT2D eigenvalue weighted by atomic mass is 10.0. The van der Waals surface area contributed by atoms with Crippen LogP contribution in [0.1, 0.15) is 278 Å². The van der Waals surface area contributed by atoms with Crippen LogP contribution in [0.4, 0.5) is 0 Å². The van der Waals surface area contributed by atoms with Crippen molar-refractivity contribution in [3.63, 3.8) is 0 Å². The zero-order chi connectivity index (χ0) is 43.0. The van der Waals surface area contributed by atoms with Gasteiger partial charge < -0.3 is 14.2 Å². The number of hydrogen-bond donors (Lipinski definition) is 0. The average molecular weight is 831 g/mol. The van der Waals surface area contributed by atoms with Crippen LogP contribution in [0.25, 0.3) is 0 Å². The second-order valence-electron chi connectivity index (χ2n) is 17.4. The Morgan fingerprint density at radius 1 is 0.339 bits per heavy atom. The van der Waals surface area contributed by atoms with Crippen LogP contribution in [-0.2, 0) is 28.6 Å². The van der Waals surface area contributed by atoms with Crippen LogP contribution in [0.15, 0.2) is 24.3 Å². The summed E-state index contributed by atoms with van der Waals surface area (Å²) in [6.45, 7) is 6.55. The van der Waals surface area contributed by atoms with Crippen LogP contribution in [-0.4, -0.2) is 37.2 Å². The second kappa shape index (κ2) is 48.6. The molecule has 59 heavy (non-hydrogen) atoms. The Hall–Kier alpha value is -2.11. The monoisotopic (exact) mass is 831 g/mol. The summed E-state index contributed by atoms with van der Waals surface area (Å²) in [4.78, 5) is 37.6. The first kappa shape index (κ1) is 56.9. The van der Waals surface area contributed by atoms with E-state index in [1.807, 2.05) is 0 Å². The summed E-state index contributed by atoms with van der Waals surface area (Å²) in [6, 6.07) is 0. The second-order valence-corrected chi connectivity index (χ2v) is 17.4. The van der Waals surface area contributed by atoms with Crippen molar-refractivity contribution in [1.29, 1.82) is 0 Å². The molecule has 0 N–H and O–H groups in total. The Bertz CT molecular complexity index is 958. The van der Waals surface area contributed by atoms with Crippen molar-refractivity contribution in [2.24, 2.45) is 0 Å². The highest BCUT2D eigenvalue weighted by Gasteiger charge is 2.19. The summed E-state index contributed by atoms with van der Waals surface area (Å²) in [5.41, 5.74) is 0. The van der Waals surface area contributed by atoms with Crippen LogP contribution >= 0.6 is 0 Å². The molecule has 0 aliphatic rings. The lowest BCUT2D eigenvalue weighted by molar-refractivity contribution is -0.167. The molecule has 0 saturated carbocycles. The van der Waals surface area contributed by atoms with Crippen molar-refractivity contribution in [1.82, 2.24) is 0 Å². The zero-order valence-electron chi connectivity index (χ0n) is 39.5. The number of esters is 3. The molecule has 1 unspecified atom stereocenters. The Morgan fingerprint density at radius 2 is 0.610 bits per heavy atom. The van der Waals surface area contributed by atoms with E-state index in [0.717, 1.165) is 83.5 Å². The van der Waals surface area contributed by atoms with E-state index >= 15 is 0 Å². The van der Waals surface area contributed by atoms with Crippen LogP contribution in [0.3, 0.4) is 0 Å². The summed E-state index contributed by atoms with van der Waals surface area (Å²) in [6.07, 6.45) is 54.9. The third-order valence-corrected chi connectivity index (χ3v) is 11.5. The van der Waals surface area contributed by atoms with Crippen LogP contribution in [0.5, 0.6) is 0 Å². The lowest BCUT2D eigenvalue weighted by Crippen LogP contribution is -2.30. The van der Waals surface area contributed by atoms with Gasteiger partial charge in [-0.2, -0.15) is 0 Å². The molecule has 0 aromatic heterocycles. The quantitative estimate of drug-likeness (QED) is 0.0263. The van der Waals surface area contributed by atoms with Gasteiger partial charge in [-0.05, 0) is 51.4 Å². The highest BCUT2D eigenvalue weighted by atomic mass is 16.6. The molecule has 0 aromatic carbocycles. The van der Waals surface area contributed by atoms with Gasteiger partial charge in [0.05, 0.1) is 0 Å². The van der Waals surface area contributed by atoms with Gasteiger partial charge in [-0.25, -0.2) is 0 Å². The van der Waals surface area contributed by atoms with Crippen molar-refractivity contribution >= 4 is 17.9 Å². The van der Waals surface area contributed by atoms with E-state index in [1.165, 1.54) is 154 Å². The molecular formula is C53H98O6. The molecular weight excluding hydrogens is 733 g/mol. The van der Waals surface area contributed by atoms with Crippen molar-refractivity contribution in [3.8, 4) is 0 Å². The third kappa shape index (κ3) is 46.8. The molecule has 0 saturated heterocycles. The summed E-state index contributed by atoms with van der Waals surface area (Å²) < 4.78 is 16.7. The van der Waals surface area contributed by atoms with Crippen molar-refractivity contribution in [2.45, 2.75) is 284 Å². The van der Waals surface area contributed by atoms with Gasteiger partial charge in [0.25, 0.3) is 0 Å². The maximum absolute atomic E-state index is 12.7. The Labute approximate surface area is 366 Å². The SMILES string of the molecule is CCCCCC/C=C\C/C=C\CCCCCCCC(=O)OC(COC(=O)CCCCCCC)COC(=O)CCCCCCCCCCCCCCCCCCCCCC. The first-order valence-corrected chi connectivity index (χ1v) is 25.8. The topological polar surface area (TPSA) is 78.9 Å². The normalized spacial score (nSPS) is 12.1. The van der Waals surface area contributed by atoms with Crippen molar-refractivity contribution < 1.29 is 28.6 Å². The van der Waals surface area contributed by atoms with Crippen molar-refractivity contribution in [2.75, 3.05) is 13.2 Å². The van der Waals surface area contributed by atoms with E-state index in [-0.39, 0.29) is 31.1 Å². The molecule has 0 spiro atoms. The summed E-state index contributed by atoms with van der Waals surface area (Å²) in [5, 5.41) is 0. The fraction of sp³-hybridized carbons (Fsp3) is 0.868. The molecule has 0 aliphatic carbocycles. The minimum Gasteiger partial charge on any atom is -0.462 e. The summed E-state index contributed by atoms with van der Waals surface area (Å²) in [5.74, 6) is -0.890. The smallest absolute Gasteiger partial charge is 0.306 e. The maximum Gasteiger partial charge on any atom is 0.306 e. The van der Waals surface area contributed by atoms with Gasteiger partial charge >= 0.3 is 17.9 Å².